The number of rotatable bonds is 5. The van der Waals surface area contributed by atoms with E-state index in [4.69, 9.17) is 5.11 Å². The van der Waals surface area contributed by atoms with Crippen molar-refractivity contribution in [3.8, 4) is 11.8 Å². The van der Waals surface area contributed by atoms with Gasteiger partial charge in [0.1, 0.15) is 0 Å². The summed E-state index contributed by atoms with van der Waals surface area (Å²) >= 11 is 0. The molecule has 1 heteroatoms. The summed E-state index contributed by atoms with van der Waals surface area (Å²) in [5, 5.41) is 8.93. The Hall–Kier alpha value is -0.480. The van der Waals surface area contributed by atoms with Gasteiger partial charge >= 0.3 is 0 Å². The third kappa shape index (κ3) is 8.51. The van der Waals surface area contributed by atoms with Crippen LogP contribution in [0.5, 0.6) is 0 Å². The Labute approximate surface area is 95.3 Å². The third-order valence-corrected chi connectivity index (χ3v) is 2.47. The summed E-state index contributed by atoms with van der Waals surface area (Å²) in [6, 6.07) is 0. The molecule has 1 N–H and O–H groups in total. The Morgan fingerprint density at radius 3 is 1.73 bits per heavy atom. The first-order chi connectivity index (χ1) is 6.95. The Kier molecular flexibility index (Phi) is 7.52. The molecule has 0 spiro atoms. The highest BCUT2D eigenvalue weighted by molar-refractivity contribution is 5.05. The lowest BCUT2D eigenvalue weighted by Crippen LogP contribution is -2.06. The molecular formula is C14H26O. The van der Waals surface area contributed by atoms with Crippen LogP contribution in [0.4, 0.5) is 0 Å². The maximum absolute atomic E-state index is 8.93. The molecule has 15 heavy (non-hydrogen) atoms. The van der Waals surface area contributed by atoms with Gasteiger partial charge in [0.15, 0.2) is 0 Å². The Bertz CT molecular complexity index is 209. The maximum Gasteiger partial charge on any atom is 0.0457 e. The molecule has 0 aliphatic rings. The molecule has 1 nitrogen and oxygen atoms in total. The Morgan fingerprint density at radius 1 is 0.867 bits per heavy atom. The van der Waals surface area contributed by atoms with E-state index in [9.17, 15) is 0 Å². The first kappa shape index (κ1) is 14.5. The Balaban J connectivity index is 3.93. The van der Waals surface area contributed by atoms with Crippen LogP contribution in [0.25, 0.3) is 0 Å². The second-order valence-electron chi connectivity index (χ2n) is 5.24. The monoisotopic (exact) mass is 210 g/mol. The van der Waals surface area contributed by atoms with Gasteiger partial charge in [-0.1, -0.05) is 46.5 Å². The largest absolute Gasteiger partial charge is 0.396 e. The van der Waals surface area contributed by atoms with Crippen molar-refractivity contribution in [3.63, 3.8) is 0 Å². The highest BCUT2D eigenvalue weighted by atomic mass is 16.3. The molecule has 0 radical (unpaired) electrons. The van der Waals surface area contributed by atoms with Crippen LogP contribution < -0.4 is 0 Å². The third-order valence-electron chi connectivity index (χ3n) is 2.47. The zero-order valence-electron chi connectivity index (χ0n) is 10.9. The van der Waals surface area contributed by atoms with Gasteiger partial charge < -0.3 is 5.11 Å². The van der Waals surface area contributed by atoms with Crippen molar-refractivity contribution in [2.75, 3.05) is 6.61 Å². The molecule has 0 aliphatic heterocycles. The van der Waals surface area contributed by atoms with Gasteiger partial charge in [0.05, 0.1) is 0 Å². The molecule has 0 saturated heterocycles. The predicted molar refractivity (Wildman–Crippen MR) is 66.4 cm³/mol. The number of aliphatic hydroxyl groups excluding tert-OH is 1. The van der Waals surface area contributed by atoms with Crippen LogP contribution in [-0.2, 0) is 0 Å². The molecule has 0 aromatic carbocycles. The summed E-state index contributed by atoms with van der Waals surface area (Å²) in [5.74, 6) is 8.60. The van der Waals surface area contributed by atoms with Gasteiger partial charge in [-0.3, -0.25) is 0 Å². The minimum atomic E-state index is 0.271. The number of hydrogen-bond acceptors (Lipinski definition) is 1. The van der Waals surface area contributed by atoms with E-state index in [0.717, 1.165) is 12.3 Å². The van der Waals surface area contributed by atoms with Crippen LogP contribution >= 0.6 is 0 Å². The number of aliphatic hydroxyl groups is 1. The van der Waals surface area contributed by atoms with E-state index in [1.165, 1.54) is 6.42 Å². The fourth-order valence-corrected chi connectivity index (χ4v) is 1.79. The second-order valence-corrected chi connectivity index (χ2v) is 5.24. The molecule has 0 aromatic heterocycles. The molecule has 0 heterocycles. The molecule has 3 atom stereocenters. The normalized spacial score (nSPS) is 16.7. The fraction of sp³-hybridized carbons (Fsp3) is 0.857. The van der Waals surface area contributed by atoms with E-state index in [1.807, 2.05) is 0 Å². The molecule has 3 unspecified atom stereocenters. The van der Waals surface area contributed by atoms with Crippen molar-refractivity contribution in [1.29, 1.82) is 0 Å². The van der Waals surface area contributed by atoms with Crippen molar-refractivity contribution < 1.29 is 5.11 Å². The highest BCUT2D eigenvalue weighted by Gasteiger charge is 2.05. The molecule has 0 saturated carbocycles. The second kappa shape index (κ2) is 7.77. The molecular weight excluding hydrogens is 184 g/mol. The molecule has 0 rings (SSSR count). The van der Waals surface area contributed by atoms with E-state index in [0.29, 0.717) is 17.8 Å². The van der Waals surface area contributed by atoms with Gasteiger partial charge in [-0.05, 0) is 24.7 Å². The maximum atomic E-state index is 8.93. The predicted octanol–water partition coefficient (Wildman–Crippen LogP) is 3.33. The SMILES string of the molecule is CC(C)CC(C)C#CC(C)CC(C)CO. The van der Waals surface area contributed by atoms with Crippen LogP contribution in [-0.4, -0.2) is 11.7 Å². The van der Waals surface area contributed by atoms with Gasteiger partial charge in [-0.15, -0.1) is 0 Å². The highest BCUT2D eigenvalue weighted by Crippen LogP contribution is 2.12. The quantitative estimate of drug-likeness (QED) is 0.690. The van der Waals surface area contributed by atoms with Crippen LogP contribution in [0.2, 0.25) is 0 Å². The van der Waals surface area contributed by atoms with Crippen LogP contribution in [0.1, 0.15) is 47.5 Å². The van der Waals surface area contributed by atoms with Crippen LogP contribution in [0.15, 0.2) is 0 Å². The van der Waals surface area contributed by atoms with E-state index in [-0.39, 0.29) is 6.61 Å². The standard InChI is InChI=1S/C14H26O/c1-11(2)8-12(3)6-7-13(4)9-14(5)10-15/h11-15H,8-10H2,1-5H3. The van der Waals surface area contributed by atoms with Gasteiger partial charge in [-0.25, -0.2) is 0 Å². The van der Waals surface area contributed by atoms with E-state index >= 15 is 0 Å². The van der Waals surface area contributed by atoms with Gasteiger partial charge in [0.2, 0.25) is 0 Å². The van der Waals surface area contributed by atoms with E-state index < -0.39 is 0 Å². The van der Waals surface area contributed by atoms with Crippen molar-refractivity contribution in [2.24, 2.45) is 23.7 Å². The summed E-state index contributed by atoms with van der Waals surface area (Å²) in [4.78, 5) is 0. The summed E-state index contributed by atoms with van der Waals surface area (Å²) in [6.45, 7) is 11.1. The average molecular weight is 210 g/mol. The zero-order chi connectivity index (χ0) is 11.8. The van der Waals surface area contributed by atoms with Gasteiger partial charge in [0, 0.05) is 18.4 Å². The van der Waals surface area contributed by atoms with Crippen molar-refractivity contribution >= 4 is 0 Å². The minimum absolute atomic E-state index is 0.271. The summed E-state index contributed by atoms with van der Waals surface area (Å²) in [7, 11) is 0. The Morgan fingerprint density at radius 2 is 1.33 bits per heavy atom. The van der Waals surface area contributed by atoms with Crippen molar-refractivity contribution in [3.05, 3.63) is 0 Å². The molecule has 0 fully saturated rings. The average Bonchev–Trinajstić information content (AvgIpc) is 2.13. The topological polar surface area (TPSA) is 20.2 Å². The lowest BCUT2D eigenvalue weighted by Gasteiger charge is -2.10. The van der Waals surface area contributed by atoms with Gasteiger partial charge in [0.25, 0.3) is 0 Å². The van der Waals surface area contributed by atoms with Crippen molar-refractivity contribution in [1.82, 2.24) is 0 Å². The smallest absolute Gasteiger partial charge is 0.0457 e. The first-order valence-electron chi connectivity index (χ1n) is 6.07. The van der Waals surface area contributed by atoms with Gasteiger partial charge in [-0.2, -0.15) is 0 Å². The minimum Gasteiger partial charge on any atom is -0.396 e. The van der Waals surface area contributed by atoms with Crippen LogP contribution in [0.3, 0.4) is 0 Å². The van der Waals surface area contributed by atoms with Crippen LogP contribution in [0, 0.1) is 35.5 Å². The lowest BCUT2D eigenvalue weighted by molar-refractivity contribution is 0.223. The molecule has 0 amide bonds. The molecule has 0 aliphatic carbocycles. The van der Waals surface area contributed by atoms with Crippen molar-refractivity contribution in [2.45, 2.75) is 47.5 Å². The summed E-state index contributed by atoms with van der Waals surface area (Å²) in [6.07, 6.45) is 2.17. The zero-order valence-corrected chi connectivity index (χ0v) is 10.9. The molecule has 0 bridgehead atoms. The molecule has 0 aromatic rings. The number of hydrogen-bond donors (Lipinski definition) is 1. The first-order valence-corrected chi connectivity index (χ1v) is 6.07. The van der Waals surface area contributed by atoms with E-state index in [1.54, 1.807) is 0 Å². The summed E-state index contributed by atoms with van der Waals surface area (Å²) in [5.41, 5.74) is 0. The fourth-order valence-electron chi connectivity index (χ4n) is 1.79. The van der Waals surface area contributed by atoms with E-state index in [2.05, 4.69) is 46.5 Å². The molecule has 88 valence electrons. The lowest BCUT2D eigenvalue weighted by atomic mass is 9.95. The summed E-state index contributed by atoms with van der Waals surface area (Å²) < 4.78 is 0.